The normalized spacial score (nSPS) is 33.6. The number of halogens is 2. The summed E-state index contributed by atoms with van der Waals surface area (Å²) in [4.78, 5) is 35.1. The Morgan fingerprint density at radius 1 is 1.21 bits per heavy atom. The van der Waals surface area contributed by atoms with Gasteiger partial charge in [0.2, 0.25) is 0 Å². The van der Waals surface area contributed by atoms with Crippen molar-refractivity contribution in [3.8, 4) is 0 Å². The van der Waals surface area contributed by atoms with E-state index in [1.54, 1.807) is 0 Å². The molecule has 1 amide bonds. The van der Waals surface area contributed by atoms with E-state index in [1.165, 1.54) is 18.2 Å². The zero-order chi connectivity index (χ0) is 17.8. The van der Waals surface area contributed by atoms with Crippen molar-refractivity contribution >= 4 is 41.0 Å². The van der Waals surface area contributed by atoms with E-state index in [9.17, 15) is 24.6 Å². The van der Waals surface area contributed by atoms with Gasteiger partial charge in [-0.05, 0) is 30.5 Å². The van der Waals surface area contributed by atoms with Gasteiger partial charge >= 0.3 is 11.9 Å². The van der Waals surface area contributed by atoms with E-state index in [0.717, 1.165) is 0 Å². The van der Waals surface area contributed by atoms with Crippen LogP contribution in [0.1, 0.15) is 16.8 Å². The third-order valence-corrected chi connectivity index (χ3v) is 5.61. The number of hydrogen-bond donors (Lipinski definition) is 4. The van der Waals surface area contributed by atoms with E-state index in [1.807, 2.05) is 0 Å². The largest absolute Gasteiger partial charge is 0.481 e. The minimum atomic E-state index is -1.65. The van der Waals surface area contributed by atoms with Crippen molar-refractivity contribution in [1.29, 1.82) is 0 Å². The lowest BCUT2D eigenvalue weighted by Crippen LogP contribution is -2.52. The molecule has 0 heterocycles. The molecule has 0 aliphatic heterocycles. The van der Waals surface area contributed by atoms with Crippen LogP contribution in [0, 0.1) is 17.8 Å². The molecule has 2 fully saturated rings. The number of carboxylic acids is 2. The maximum absolute atomic E-state index is 12.3. The molecule has 2 saturated carbocycles. The summed E-state index contributed by atoms with van der Waals surface area (Å²) >= 11 is 11.7. The second-order valence-corrected chi connectivity index (χ2v) is 7.04. The first-order valence-electron chi connectivity index (χ1n) is 7.18. The summed E-state index contributed by atoms with van der Waals surface area (Å²) < 4.78 is 0. The van der Waals surface area contributed by atoms with Gasteiger partial charge in [-0.2, -0.15) is 0 Å². The van der Waals surface area contributed by atoms with Gasteiger partial charge in [0, 0.05) is 17.5 Å². The fourth-order valence-electron chi connectivity index (χ4n) is 3.72. The molecule has 9 heteroatoms. The number of benzene rings is 1. The second-order valence-electron chi connectivity index (χ2n) is 6.23. The molecule has 1 aromatic carbocycles. The SMILES string of the molecule is NC1(C(=O)O)CC(NC(=O)c2ccc(Cl)c(Cl)c2)C2C(C(=O)O)C21. The smallest absolute Gasteiger partial charge is 0.324 e. The third-order valence-electron chi connectivity index (χ3n) is 4.87. The molecule has 24 heavy (non-hydrogen) atoms. The topological polar surface area (TPSA) is 130 Å². The van der Waals surface area contributed by atoms with Crippen LogP contribution in [-0.2, 0) is 9.59 Å². The predicted molar refractivity (Wildman–Crippen MR) is 85.0 cm³/mol. The number of nitrogens with two attached hydrogens (primary N) is 1. The first kappa shape index (κ1) is 17.0. The molecule has 7 nitrogen and oxygen atoms in total. The number of carboxylic acid groups (broad SMARTS) is 2. The molecule has 0 radical (unpaired) electrons. The van der Waals surface area contributed by atoms with Gasteiger partial charge in [-0.3, -0.25) is 14.4 Å². The van der Waals surface area contributed by atoms with Crippen LogP contribution in [0.25, 0.3) is 0 Å². The maximum atomic E-state index is 12.3. The average Bonchev–Trinajstić information content (AvgIpc) is 3.19. The molecule has 5 unspecified atom stereocenters. The van der Waals surface area contributed by atoms with Crippen LogP contribution >= 0.6 is 23.2 Å². The zero-order valence-electron chi connectivity index (χ0n) is 12.2. The predicted octanol–water partition coefficient (Wildman–Crippen LogP) is 1.22. The number of fused-ring (bicyclic) bond motifs is 1. The Bertz CT molecular complexity index is 755. The van der Waals surface area contributed by atoms with Gasteiger partial charge in [-0.15, -0.1) is 0 Å². The molecule has 0 saturated heterocycles. The molecule has 3 rings (SSSR count). The lowest BCUT2D eigenvalue weighted by atomic mass is 9.90. The number of nitrogens with one attached hydrogen (secondary N) is 1. The zero-order valence-corrected chi connectivity index (χ0v) is 13.7. The van der Waals surface area contributed by atoms with E-state index in [4.69, 9.17) is 28.9 Å². The van der Waals surface area contributed by atoms with Crippen molar-refractivity contribution in [2.45, 2.75) is 18.0 Å². The number of hydrogen-bond acceptors (Lipinski definition) is 4. The Kier molecular flexibility index (Phi) is 3.98. The number of aliphatic carboxylic acids is 2. The van der Waals surface area contributed by atoms with Gasteiger partial charge in [-0.25, -0.2) is 0 Å². The van der Waals surface area contributed by atoms with Crippen molar-refractivity contribution in [2.75, 3.05) is 0 Å². The summed E-state index contributed by atoms with van der Waals surface area (Å²) in [6.07, 6.45) is -0.0193. The first-order chi connectivity index (χ1) is 11.2. The van der Waals surface area contributed by atoms with E-state index in [2.05, 4.69) is 5.32 Å². The summed E-state index contributed by atoms with van der Waals surface area (Å²) in [5.41, 5.74) is 4.51. The standard InChI is InChI=1S/C15H14Cl2N2O5/c16-6-2-1-5(3-7(6)17)12(20)19-8-4-15(18,14(23)24)11-9(8)10(11)13(21)22/h1-3,8-11H,4,18H2,(H,19,20)(H,21,22)(H,23,24). The summed E-state index contributed by atoms with van der Waals surface area (Å²) in [7, 11) is 0. The summed E-state index contributed by atoms with van der Waals surface area (Å²) in [5, 5.41) is 21.7. The maximum Gasteiger partial charge on any atom is 0.324 e. The quantitative estimate of drug-likeness (QED) is 0.628. The van der Waals surface area contributed by atoms with Gasteiger partial charge < -0.3 is 21.3 Å². The molecule has 128 valence electrons. The van der Waals surface area contributed by atoms with E-state index >= 15 is 0 Å². The van der Waals surface area contributed by atoms with E-state index in [0.29, 0.717) is 5.02 Å². The Hall–Kier alpha value is -1.83. The van der Waals surface area contributed by atoms with Crippen LogP contribution in [0.2, 0.25) is 10.0 Å². The van der Waals surface area contributed by atoms with Crippen LogP contribution in [-0.4, -0.2) is 39.6 Å². The second kappa shape index (κ2) is 5.61. The van der Waals surface area contributed by atoms with Crippen molar-refractivity contribution in [3.63, 3.8) is 0 Å². The number of amides is 1. The fourth-order valence-corrected chi connectivity index (χ4v) is 4.02. The van der Waals surface area contributed by atoms with Gasteiger partial charge in [0.25, 0.3) is 5.91 Å². The Morgan fingerprint density at radius 3 is 2.42 bits per heavy atom. The minimum Gasteiger partial charge on any atom is -0.481 e. The molecular weight excluding hydrogens is 359 g/mol. The molecule has 5 atom stereocenters. The lowest BCUT2D eigenvalue weighted by Gasteiger charge is -2.25. The number of carbonyl (C=O) groups is 3. The van der Waals surface area contributed by atoms with Crippen LogP contribution in [0.15, 0.2) is 18.2 Å². The molecule has 0 aromatic heterocycles. The Labute approximate surface area is 146 Å². The van der Waals surface area contributed by atoms with Gasteiger partial charge in [-0.1, -0.05) is 23.2 Å². The fraction of sp³-hybridized carbons (Fsp3) is 0.400. The summed E-state index contributed by atoms with van der Waals surface area (Å²) in [6.45, 7) is 0. The highest BCUT2D eigenvalue weighted by molar-refractivity contribution is 6.42. The van der Waals surface area contributed by atoms with Crippen molar-refractivity contribution < 1.29 is 24.6 Å². The average molecular weight is 373 g/mol. The molecular formula is C15H14Cl2N2O5. The molecule has 0 spiro atoms. The monoisotopic (exact) mass is 372 g/mol. The number of rotatable bonds is 4. The molecule has 0 bridgehead atoms. The molecule has 2 aliphatic carbocycles. The van der Waals surface area contributed by atoms with Crippen molar-refractivity contribution in [2.24, 2.45) is 23.5 Å². The molecule has 2 aliphatic rings. The van der Waals surface area contributed by atoms with E-state index in [-0.39, 0.29) is 17.0 Å². The Balaban J connectivity index is 1.80. The highest BCUT2D eigenvalue weighted by Gasteiger charge is 2.74. The minimum absolute atomic E-state index is 0.0193. The van der Waals surface area contributed by atoms with Crippen LogP contribution < -0.4 is 11.1 Å². The van der Waals surface area contributed by atoms with Crippen LogP contribution in [0.4, 0.5) is 0 Å². The van der Waals surface area contributed by atoms with Crippen molar-refractivity contribution in [1.82, 2.24) is 5.32 Å². The summed E-state index contributed by atoms with van der Waals surface area (Å²) in [6, 6.07) is 3.71. The van der Waals surface area contributed by atoms with Crippen LogP contribution in [0.5, 0.6) is 0 Å². The van der Waals surface area contributed by atoms with E-state index < -0.39 is 47.2 Å². The third kappa shape index (κ3) is 2.53. The lowest BCUT2D eigenvalue weighted by molar-refractivity contribution is -0.145. The van der Waals surface area contributed by atoms with Gasteiger partial charge in [0.1, 0.15) is 5.54 Å². The molecule has 1 aromatic rings. The highest BCUT2D eigenvalue weighted by atomic mass is 35.5. The van der Waals surface area contributed by atoms with Crippen molar-refractivity contribution in [3.05, 3.63) is 33.8 Å². The first-order valence-corrected chi connectivity index (χ1v) is 7.93. The number of carbonyl (C=O) groups excluding carboxylic acids is 1. The molecule has 5 N–H and O–H groups in total. The van der Waals surface area contributed by atoms with Gasteiger partial charge in [0.05, 0.1) is 16.0 Å². The Morgan fingerprint density at radius 2 is 1.88 bits per heavy atom. The van der Waals surface area contributed by atoms with Gasteiger partial charge in [0.15, 0.2) is 0 Å². The highest BCUT2D eigenvalue weighted by Crippen LogP contribution is 2.61. The van der Waals surface area contributed by atoms with Crippen LogP contribution in [0.3, 0.4) is 0 Å². The summed E-state index contributed by atoms with van der Waals surface area (Å²) in [5.74, 6) is -4.88.